The molecule has 2 aromatic carbocycles. The van der Waals surface area contributed by atoms with E-state index in [1.807, 2.05) is 63.6 Å². The number of rotatable bonds is 9. The summed E-state index contributed by atoms with van der Waals surface area (Å²) < 4.78 is 11.4. The van der Waals surface area contributed by atoms with Gasteiger partial charge in [0, 0.05) is 38.0 Å². The van der Waals surface area contributed by atoms with E-state index in [0.717, 1.165) is 24.3 Å². The van der Waals surface area contributed by atoms with Gasteiger partial charge in [-0.15, -0.1) is 10.2 Å². The summed E-state index contributed by atoms with van der Waals surface area (Å²) in [5.41, 5.74) is 9.85. The minimum Gasteiger partial charge on any atom is -0.494 e. The summed E-state index contributed by atoms with van der Waals surface area (Å²) in [6, 6.07) is 15.0. The van der Waals surface area contributed by atoms with Crippen molar-refractivity contribution in [2.75, 3.05) is 57.3 Å². The van der Waals surface area contributed by atoms with Crippen molar-refractivity contribution in [2.45, 2.75) is 0 Å². The third kappa shape index (κ3) is 5.24. The average molecular weight is 461 g/mol. The number of nitrogens with zero attached hydrogens (tertiary/aromatic N) is 6. The summed E-state index contributed by atoms with van der Waals surface area (Å²) in [4.78, 5) is 13.1. The summed E-state index contributed by atoms with van der Waals surface area (Å²) in [6.45, 7) is 1.73. The summed E-state index contributed by atoms with van der Waals surface area (Å²) in [5, 5.41) is 11.4. The molecule has 0 aliphatic carbocycles. The number of ether oxygens (including phenoxy) is 1. The van der Waals surface area contributed by atoms with Crippen LogP contribution in [0, 0.1) is 0 Å². The molecule has 4 aromatic rings. The highest BCUT2D eigenvalue weighted by Crippen LogP contribution is 2.36. The number of nitrogens with one attached hydrogen (secondary N) is 1. The standard InChI is InChI=1S/C24H28N8O2/c1-31(2)12-13-32(3)20-15-21(33-4)19(14-17(20)25)28-24-26-11-10-18(27-24)23-30-29-22(34-23)16-8-6-5-7-9-16/h5-11,14-15H,12-13,25H2,1-4H3,(H,26,27,28). The van der Waals surface area contributed by atoms with Crippen LogP contribution in [0.4, 0.5) is 23.0 Å². The number of nitrogens with two attached hydrogens (primary N) is 1. The van der Waals surface area contributed by atoms with Crippen molar-refractivity contribution in [3.63, 3.8) is 0 Å². The second kappa shape index (κ2) is 10.2. The largest absolute Gasteiger partial charge is 0.494 e. The monoisotopic (exact) mass is 460 g/mol. The minimum atomic E-state index is 0.300. The minimum absolute atomic E-state index is 0.300. The zero-order chi connectivity index (χ0) is 24.1. The van der Waals surface area contributed by atoms with Gasteiger partial charge < -0.3 is 30.0 Å². The fraction of sp³-hybridized carbons (Fsp3) is 0.250. The molecule has 10 nitrogen and oxygen atoms in total. The van der Waals surface area contributed by atoms with Crippen LogP contribution in [0.15, 0.2) is 59.1 Å². The molecule has 0 amide bonds. The fourth-order valence-corrected chi connectivity index (χ4v) is 3.34. The molecule has 4 rings (SSSR count). The first-order valence-electron chi connectivity index (χ1n) is 10.8. The Morgan fingerprint density at radius 2 is 1.76 bits per heavy atom. The Morgan fingerprint density at radius 1 is 1.00 bits per heavy atom. The number of hydrogen-bond acceptors (Lipinski definition) is 10. The number of nitrogen functional groups attached to an aromatic ring is 1. The third-order valence-electron chi connectivity index (χ3n) is 5.21. The number of anilines is 4. The van der Waals surface area contributed by atoms with Gasteiger partial charge in [0.2, 0.25) is 11.8 Å². The number of likely N-dealkylation sites (N-methyl/N-ethyl adjacent to an activating group) is 2. The lowest BCUT2D eigenvalue weighted by Gasteiger charge is -2.24. The molecule has 2 aromatic heterocycles. The van der Waals surface area contributed by atoms with Gasteiger partial charge in [0.25, 0.3) is 5.89 Å². The van der Waals surface area contributed by atoms with Gasteiger partial charge in [-0.3, -0.25) is 0 Å². The molecule has 10 heteroatoms. The molecule has 0 bridgehead atoms. The summed E-state index contributed by atoms with van der Waals surface area (Å²) >= 11 is 0. The second-order valence-electron chi connectivity index (χ2n) is 8.01. The van der Waals surface area contributed by atoms with Crippen LogP contribution in [0.25, 0.3) is 23.0 Å². The molecule has 2 heterocycles. The van der Waals surface area contributed by atoms with Crippen LogP contribution in [0.3, 0.4) is 0 Å². The zero-order valence-electron chi connectivity index (χ0n) is 19.7. The van der Waals surface area contributed by atoms with Crippen LogP contribution in [0.5, 0.6) is 5.75 Å². The highest BCUT2D eigenvalue weighted by atomic mass is 16.5. The Morgan fingerprint density at radius 3 is 2.50 bits per heavy atom. The van der Waals surface area contributed by atoms with E-state index in [-0.39, 0.29) is 0 Å². The van der Waals surface area contributed by atoms with E-state index in [0.29, 0.717) is 40.5 Å². The van der Waals surface area contributed by atoms with Gasteiger partial charge in [-0.05, 0) is 38.4 Å². The smallest absolute Gasteiger partial charge is 0.266 e. The second-order valence-corrected chi connectivity index (χ2v) is 8.01. The van der Waals surface area contributed by atoms with Crippen molar-refractivity contribution in [1.29, 1.82) is 0 Å². The van der Waals surface area contributed by atoms with Gasteiger partial charge in [0.05, 0.1) is 24.2 Å². The predicted molar refractivity (Wildman–Crippen MR) is 133 cm³/mol. The Hall–Kier alpha value is -4.18. The van der Waals surface area contributed by atoms with Gasteiger partial charge in [0.15, 0.2) is 0 Å². The number of methoxy groups -OCH3 is 1. The van der Waals surface area contributed by atoms with Crippen molar-refractivity contribution in [3.05, 3.63) is 54.7 Å². The summed E-state index contributed by atoms with van der Waals surface area (Å²) in [7, 11) is 7.69. The average Bonchev–Trinajstić information content (AvgIpc) is 3.34. The number of hydrogen-bond donors (Lipinski definition) is 2. The molecule has 34 heavy (non-hydrogen) atoms. The molecule has 176 valence electrons. The fourth-order valence-electron chi connectivity index (χ4n) is 3.34. The van der Waals surface area contributed by atoms with Crippen LogP contribution in [-0.4, -0.2) is 66.4 Å². The van der Waals surface area contributed by atoms with Crippen molar-refractivity contribution >= 4 is 23.0 Å². The first-order chi connectivity index (χ1) is 16.4. The molecule has 0 spiro atoms. The molecule has 0 aliphatic rings. The summed E-state index contributed by atoms with van der Waals surface area (Å²) in [6.07, 6.45) is 1.62. The Balaban J connectivity index is 1.56. The molecule has 0 aliphatic heterocycles. The van der Waals surface area contributed by atoms with E-state index < -0.39 is 0 Å². The maximum absolute atomic E-state index is 6.36. The van der Waals surface area contributed by atoms with Gasteiger partial charge in [-0.1, -0.05) is 18.2 Å². The van der Waals surface area contributed by atoms with Gasteiger partial charge in [0.1, 0.15) is 11.4 Å². The van der Waals surface area contributed by atoms with E-state index in [9.17, 15) is 0 Å². The molecule has 3 N–H and O–H groups in total. The van der Waals surface area contributed by atoms with E-state index in [1.54, 1.807) is 19.4 Å². The van der Waals surface area contributed by atoms with E-state index >= 15 is 0 Å². The first-order valence-corrected chi connectivity index (χ1v) is 10.8. The molecule has 0 unspecified atom stereocenters. The highest BCUT2D eigenvalue weighted by Gasteiger charge is 2.15. The third-order valence-corrected chi connectivity index (χ3v) is 5.21. The van der Waals surface area contributed by atoms with Gasteiger partial charge >= 0.3 is 0 Å². The van der Waals surface area contributed by atoms with Crippen LogP contribution in [0.1, 0.15) is 0 Å². The molecule has 0 radical (unpaired) electrons. The lowest BCUT2D eigenvalue weighted by molar-refractivity contribution is 0.413. The highest BCUT2D eigenvalue weighted by molar-refractivity contribution is 5.79. The number of aromatic nitrogens is 4. The SMILES string of the molecule is COc1cc(N(C)CCN(C)C)c(N)cc1Nc1nccc(-c2nnc(-c3ccccc3)o2)n1. The topological polar surface area (TPSA) is 118 Å². The van der Waals surface area contributed by atoms with Crippen molar-refractivity contribution < 1.29 is 9.15 Å². The lowest BCUT2D eigenvalue weighted by atomic mass is 10.2. The lowest BCUT2D eigenvalue weighted by Crippen LogP contribution is -2.29. The summed E-state index contributed by atoms with van der Waals surface area (Å²) in [5.74, 6) is 1.70. The van der Waals surface area contributed by atoms with E-state index in [4.69, 9.17) is 14.9 Å². The van der Waals surface area contributed by atoms with Crippen LogP contribution >= 0.6 is 0 Å². The van der Waals surface area contributed by atoms with Crippen LogP contribution in [-0.2, 0) is 0 Å². The number of benzene rings is 2. The molecular weight excluding hydrogens is 432 g/mol. The molecule has 0 fully saturated rings. The maximum Gasteiger partial charge on any atom is 0.266 e. The normalized spacial score (nSPS) is 11.0. The van der Waals surface area contributed by atoms with Crippen LogP contribution in [0.2, 0.25) is 0 Å². The van der Waals surface area contributed by atoms with Crippen molar-refractivity contribution in [3.8, 4) is 28.8 Å². The van der Waals surface area contributed by atoms with Gasteiger partial charge in [-0.2, -0.15) is 0 Å². The Kier molecular flexibility index (Phi) is 6.88. The first kappa shape index (κ1) is 23.0. The van der Waals surface area contributed by atoms with Crippen molar-refractivity contribution in [1.82, 2.24) is 25.1 Å². The maximum atomic E-state index is 6.36. The molecule has 0 atom stereocenters. The van der Waals surface area contributed by atoms with Crippen molar-refractivity contribution in [2.24, 2.45) is 0 Å². The molecule has 0 saturated heterocycles. The predicted octanol–water partition coefficient (Wildman–Crippen LogP) is 3.53. The Bertz CT molecular complexity index is 1240. The van der Waals surface area contributed by atoms with E-state index in [1.165, 1.54) is 0 Å². The van der Waals surface area contributed by atoms with E-state index in [2.05, 4.69) is 35.3 Å². The molecule has 0 saturated carbocycles. The van der Waals surface area contributed by atoms with Crippen LogP contribution < -0.4 is 20.7 Å². The molecular formula is C24H28N8O2. The zero-order valence-corrected chi connectivity index (χ0v) is 19.7. The quantitative estimate of drug-likeness (QED) is 0.359. The van der Waals surface area contributed by atoms with Gasteiger partial charge in [-0.25, -0.2) is 9.97 Å². The Labute approximate surface area is 198 Å².